The van der Waals surface area contributed by atoms with Gasteiger partial charge in [-0.15, -0.1) is 0 Å². The van der Waals surface area contributed by atoms with E-state index < -0.39 is 6.69 Å². The molecule has 4 atom stereocenters. The molecule has 4 heteroatoms. The standard InChI is InChI=1S/C14H30BNO2/c1-11(2)13-9-8-12(3)14-7-6-10-16(14)15(13,17-4)18-5/h11-14,16H,6-10H2,1-5H3/t12-,13-,14+/m1/s1. The summed E-state index contributed by atoms with van der Waals surface area (Å²) >= 11 is 0. The van der Waals surface area contributed by atoms with Crippen molar-refractivity contribution < 1.29 is 14.1 Å². The van der Waals surface area contributed by atoms with Crippen LogP contribution in [0, 0.1) is 11.8 Å². The van der Waals surface area contributed by atoms with E-state index in [-0.39, 0.29) is 0 Å². The summed E-state index contributed by atoms with van der Waals surface area (Å²) in [7, 11) is 3.72. The van der Waals surface area contributed by atoms with E-state index in [4.69, 9.17) is 9.31 Å². The molecule has 1 N–H and O–H groups in total. The summed E-state index contributed by atoms with van der Waals surface area (Å²) in [5.74, 6) is 1.99. The zero-order valence-electron chi connectivity index (χ0n) is 12.7. The van der Waals surface area contributed by atoms with Gasteiger partial charge in [0, 0.05) is 18.9 Å². The van der Waals surface area contributed by atoms with Crippen molar-refractivity contribution in [2.75, 3.05) is 20.8 Å². The summed E-state index contributed by atoms with van der Waals surface area (Å²) in [5, 5.41) is 0. The van der Waals surface area contributed by atoms with Gasteiger partial charge in [0.05, 0.1) is 6.04 Å². The fourth-order valence-electron chi connectivity index (χ4n) is 4.79. The average Bonchev–Trinajstić information content (AvgIpc) is 2.79. The second kappa shape index (κ2) is 5.52. The normalized spacial score (nSPS) is 39.7. The first kappa shape index (κ1) is 14.4. The molecule has 0 aromatic rings. The summed E-state index contributed by atoms with van der Waals surface area (Å²) in [4.78, 5) is 1.61. The minimum absolute atomic E-state index is 0.556. The van der Waals surface area contributed by atoms with Crippen LogP contribution in [0.5, 0.6) is 0 Å². The third-order valence-corrected chi connectivity index (χ3v) is 5.74. The van der Waals surface area contributed by atoms with E-state index in [0.717, 1.165) is 12.0 Å². The topological polar surface area (TPSA) is 22.9 Å². The molecule has 0 radical (unpaired) electrons. The Labute approximate surface area is 112 Å². The first-order valence-electron chi connectivity index (χ1n) is 7.68. The summed E-state index contributed by atoms with van der Waals surface area (Å²) in [5.41, 5.74) is 0. The lowest BCUT2D eigenvalue weighted by Gasteiger charge is -2.49. The highest BCUT2D eigenvalue weighted by atomic mass is 16.6. The number of nitrogens with one attached hydrogen (secondary N) is 1. The van der Waals surface area contributed by atoms with Crippen molar-refractivity contribution in [2.45, 2.75) is 58.3 Å². The number of hydrogen-bond acceptors (Lipinski definition) is 2. The molecular formula is C14H30BNO2. The number of fused-ring (bicyclic) bond motifs is 1. The molecule has 0 bridgehead atoms. The molecule has 1 unspecified atom stereocenters. The maximum Gasteiger partial charge on any atom is 0.474 e. The van der Waals surface area contributed by atoms with Gasteiger partial charge in [-0.2, -0.15) is 0 Å². The molecule has 0 aromatic heterocycles. The van der Waals surface area contributed by atoms with Crippen LogP contribution < -0.4 is 4.81 Å². The Morgan fingerprint density at radius 1 is 1.11 bits per heavy atom. The number of hydrogen-bond donors (Lipinski definition) is 1. The quantitative estimate of drug-likeness (QED) is 0.776. The summed E-state index contributed by atoms with van der Waals surface area (Å²) in [6, 6.07) is 0.744. The maximum atomic E-state index is 6.05. The van der Waals surface area contributed by atoms with Crippen molar-refractivity contribution in [3.63, 3.8) is 0 Å². The van der Waals surface area contributed by atoms with E-state index in [1.807, 2.05) is 14.2 Å². The van der Waals surface area contributed by atoms with Crippen LogP contribution in [0.25, 0.3) is 0 Å². The van der Waals surface area contributed by atoms with Crippen LogP contribution in [-0.2, 0) is 9.31 Å². The molecule has 18 heavy (non-hydrogen) atoms. The van der Waals surface area contributed by atoms with E-state index in [2.05, 4.69) is 20.8 Å². The van der Waals surface area contributed by atoms with E-state index in [1.165, 1.54) is 32.2 Å². The lowest BCUT2D eigenvalue weighted by atomic mass is 9.51. The van der Waals surface area contributed by atoms with Crippen molar-refractivity contribution >= 4 is 6.69 Å². The highest BCUT2D eigenvalue weighted by Crippen LogP contribution is 2.37. The lowest BCUT2D eigenvalue weighted by molar-refractivity contribution is -0.833. The van der Waals surface area contributed by atoms with E-state index in [9.17, 15) is 0 Å². The van der Waals surface area contributed by atoms with Gasteiger partial charge in [0.1, 0.15) is 0 Å². The molecule has 0 aromatic carbocycles. The Hall–Kier alpha value is -0.0551. The highest BCUT2D eigenvalue weighted by Gasteiger charge is 2.54. The average molecular weight is 255 g/mol. The Kier molecular flexibility index (Phi) is 4.40. The zero-order valence-corrected chi connectivity index (χ0v) is 12.7. The third kappa shape index (κ3) is 2.12. The first-order valence-corrected chi connectivity index (χ1v) is 7.68. The molecule has 0 saturated carbocycles. The van der Waals surface area contributed by atoms with Crippen LogP contribution in [0.3, 0.4) is 0 Å². The van der Waals surface area contributed by atoms with Crippen molar-refractivity contribution in [3.8, 4) is 0 Å². The molecular weight excluding hydrogens is 225 g/mol. The minimum atomic E-state index is -1.19. The van der Waals surface area contributed by atoms with Gasteiger partial charge in [-0.25, -0.2) is 0 Å². The monoisotopic (exact) mass is 255 g/mol. The molecule has 106 valence electrons. The van der Waals surface area contributed by atoms with Gasteiger partial charge in [-0.3, -0.25) is 0 Å². The Balaban J connectivity index is 2.37. The summed E-state index contributed by atoms with van der Waals surface area (Å²) in [6.07, 6.45) is 5.25. The van der Waals surface area contributed by atoms with E-state index in [1.54, 1.807) is 4.81 Å². The van der Waals surface area contributed by atoms with Crippen molar-refractivity contribution in [2.24, 2.45) is 11.8 Å². The SMILES string of the molecule is CO[B-]1(OC)[C@@H](C(C)C)CC[C@@H](C)[C@@H]2CCC[NH+]21. The smallest absolute Gasteiger partial charge is 0.474 e. The molecule has 2 aliphatic heterocycles. The fraction of sp³-hybridized carbons (Fsp3) is 1.00. The van der Waals surface area contributed by atoms with Crippen molar-refractivity contribution in [1.82, 2.24) is 0 Å². The summed E-state index contributed by atoms with van der Waals surface area (Å²) in [6.45, 7) is 7.09. The third-order valence-electron chi connectivity index (χ3n) is 5.74. The molecule has 0 aliphatic carbocycles. The molecule has 0 amide bonds. The van der Waals surface area contributed by atoms with Gasteiger partial charge in [0.2, 0.25) is 0 Å². The lowest BCUT2D eigenvalue weighted by Crippen LogP contribution is -3.26. The molecule has 2 saturated heterocycles. The number of quaternary nitrogens is 1. The molecule has 2 heterocycles. The van der Waals surface area contributed by atoms with Crippen LogP contribution >= 0.6 is 0 Å². The second-order valence-corrected chi connectivity index (χ2v) is 6.78. The largest absolute Gasteiger partial charge is 0.516 e. The van der Waals surface area contributed by atoms with Crippen LogP contribution in [-0.4, -0.2) is 33.5 Å². The predicted octanol–water partition coefficient (Wildman–Crippen LogP) is 1.72. The predicted molar refractivity (Wildman–Crippen MR) is 75.6 cm³/mol. The maximum absolute atomic E-state index is 6.05. The first-order chi connectivity index (χ1) is 8.56. The second-order valence-electron chi connectivity index (χ2n) is 6.78. The van der Waals surface area contributed by atoms with Gasteiger partial charge in [-0.05, 0) is 32.9 Å². The van der Waals surface area contributed by atoms with Gasteiger partial charge >= 0.3 is 6.69 Å². The molecule has 2 rings (SSSR count). The fourth-order valence-corrected chi connectivity index (χ4v) is 4.79. The van der Waals surface area contributed by atoms with Crippen LogP contribution in [0.2, 0.25) is 5.82 Å². The Morgan fingerprint density at radius 2 is 1.78 bits per heavy atom. The van der Waals surface area contributed by atoms with Crippen LogP contribution in [0.4, 0.5) is 0 Å². The Bertz CT molecular complexity index is 281. The molecule has 2 aliphatic rings. The Morgan fingerprint density at radius 3 is 2.33 bits per heavy atom. The van der Waals surface area contributed by atoms with Crippen LogP contribution in [0.1, 0.15) is 46.5 Å². The van der Waals surface area contributed by atoms with Crippen LogP contribution in [0.15, 0.2) is 0 Å². The van der Waals surface area contributed by atoms with E-state index in [0.29, 0.717) is 11.7 Å². The molecule has 0 spiro atoms. The molecule has 3 nitrogen and oxygen atoms in total. The van der Waals surface area contributed by atoms with Crippen molar-refractivity contribution in [1.29, 1.82) is 0 Å². The van der Waals surface area contributed by atoms with E-state index >= 15 is 0 Å². The minimum Gasteiger partial charge on any atom is -0.516 e. The zero-order chi connectivity index (χ0) is 13.3. The van der Waals surface area contributed by atoms with Gasteiger partial charge in [-0.1, -0.05) is 33.1 Å². The number of rotatable bonds is 3. The van der Waals surface area contributed by atoms with Crippen molar-refractivity contribution in [3.05, 3.63) is 0 Å². The molecule has 2 fully saturated rings. The summed E-state index contributed by atoms with van der Waals surface area (Å²) < 4.78 is 12.1. The van der Waals surface area contributed by atoms with Gasteiger partial charge in [0.25, 0.3) is 0 Å². The van der Waals surface area contributed by atoms with Gasteiger partial charge in [0.15, 0.2) is 0 Å². The van der Waals surface area contributed by atoms with Gasteiger partial charge < -0.3 is 14.1 Å². The highest BCUT2D eigenvalue weighted by molar-refractivity contribution is 6.60.